The van der Waals surface area contributed by atoms with Gasteiger partial charge in [-0.2, -0.15) is 0 Å². The third-order valence-corrected chi connectivity index (χ3v) is 6.06. The summed E-state index contributed by atoms with van der Waals surface area (Å²) in [6.07, 6.45) is 0.891. The summed E-state index contributed by atoms with van der Waals surface area (Å²) in [5.74, 6) is 0.441. The number of anilines is 3. The fourth-order valence-electron chi connectivity index (χ4n) is 4.08. The quantitative estimate of drug-likeness (QED) is 0.439. The molecule has 0 aromatic heterocycles. The lowest BCUT2D eigenvalue weighted by atomic mass is 10.0. The van der Waals surface area contributed by atoms with Crippen LogP contribution in [0.2, 0.25) is 0 Å². The summed E-state index contributed by atoms with van der Waals surface area (Å²) in [6.45, 7) is 8.31. The van der Waals surface area contributed by atoms with Gasteiger partial charge in [-0.15, -0.1) is 0 Å². The van der Waals surface area contributed by atoms with E-state index in [0.29, 0.717) is 24.7 Å². The van der Waals surface area contributed by atoms with E-state index in [1.54, 1.807) is 4.90 Å². The van der Waals surface area contributed by atoms with Gasteiger partial charge < -0.3 is 15.5 Å². The van der Waals surface area contributed by atoms with Gasteiger partial charge in [-0.3, -0.25) is 4.90 Å². The molecule has 0 spiro atoms. The molecule has 1 aliphatic heterocycles. The van der Waals surface area contributed by atoms with Gasteiger partial charge in [-0.1, -0.05) is 61.9 Å². The molecule has 1 heterocycles. The van der Waals surface area contributed by atoms with Crippen molar-refractivity contribution in [3.63, 3.8) is 0 Å². The van der Waals surface area contributed by atoms with Crippen molar-refractivity contribution in [3.05, 3.63) is 89.5 Å². The first kappa shape index (κ1) is 23.4. The molecule has 34 heavy (non-hydrogen) atoms. The fraction of sp³-hybridized carbons (Fsp3) is 0.286. The molecule has 3 aromatic carbocycles. The van der Waals surface area contributed by atoms with Crippen LogP contribution in [0.4, 0.5) is 26.7 Å². The largest absolute Gasteiger partial charge is 0.324 e. The van der Waals surface area contributed by atoms with Gasteiger partial charge in [0.2, 0.25) is 0 Å². The van der Waals surface area contributed by atoms with Crippen LogP contribution in [-0.2, 0) is 6.54 Å². The molecule has 0 bridgehead atoms. The number of hydrogen-bond acceptors (Lipinski definition) is 2. The second-order valence-electron chi connectivity index (χ2n) is 9.10. The van der Waals surface area contributed by atoms with E-state index >= 15 is 0 Å². The predicted molar refractivity (Wildman–Crippen MR) is 139 cm³/mol. The highest BCUT2D eigenvalue weighted by atomic mass is 16.2. The second-order valence-corrected chi connectivity index (χ2v) is 9.10. The van der Waals surface area contributed by atoms with Crippen molar-refractivity contribution < 1.29 is 9.59 Å². The van der Waals surface area contributed by atoms with E-state index in [0.717, 1.165) is 29.9 Å². The minimum Gasteiger partial charge on any atom is -0.320 e. The van der Waals surface area contributed by atoms with Crippen LogP contribution in [0.3, 0.4) is 0 Å². The molecule has 1 fully saturated rings. The third-order valence-electron chi connectivity index (χ3n) is 6.06. The Balaban J connectivity index is 1.40. The Bertz CT molecular complexity index is 1140. The smallest absolute Gasteiger partial charge is 0.320 e. The highest BCUT2D eigenvalue weighted by Gasteiger charge is 2.27. The molecule has 4 amide bonds. The summed E-state index contributed by atoms with van der Waals surface area (Å²) in [5.41, 5.74) is 5.69. The maximum Gasteiger partial charge on any atom is 0.324 e. The molecule has 6 heteroatoms. The Labute approximate surface area is 201 Å². The van der Waals surface area contributed by atoms with Gasteiger partial charge in [-0.05, 0) is 60.7 Å². The van der Waals surface area contributed by atoms with Gasteiger partial charge in [0.25, 0.3) is 0 Å². The average molecular weight is 457 g/mol. The SMILES string of the molecule is Cc1ccc(CN2CCCN(c3cccc(NC(=O)Nc4ccc(C(C)C)cc4)c3)C2=O)cc1. The number of carbonyl (C=O) groups excluding carboxylic acids is 2. The Morgan fingerprint density at radius 2 is 1.62 bits per heavy atom. The van der Waals surface area contributed by atoms with E-state index in [9.17, 15) is 9.59 Å². The van der Waals surface area contributed by atoms with Crippen LogP contribution >= 0.6 is 0 Å². The first-order chi connectivity index (χ1) is 16.4. The molecule has 6 nitrogen and oxygen atoms in total. The van der Waals surface area contributed by atoms with Crippen molar-refractivity contribution in [1.29, 1.82) is 0 Å². The number of carbonyl (C=O) groups is 2. The monoisotopic (exact) mass is 456 g/mol. The van der Waals surface area contributed by atoms with Crippen molar-refractivity contribution in [2.45, 2.75) is 39.7 Å². The molecule has 2 N–H and O–H groups in total. The van der Waals surface area contributed by atoms with Crippen LogP contribution in [0.15, 0.2) is 72.8 Å². The first-order valence-corrected chi connectivity index (χ1v) is 11.8. The number of aryl methyl sites for hydroxylation is 1. The van der Waals surface area contributed by atoms with Gasteiger partial charge in [0.1, 0.15) is 0 Å². The fourth-order valence-corrected chi connectivity index (χ4v) is 4.08. The lowest BCUT2D eigenvalue weighted by Crippen LogP contribution is -2.49. The third kappa shape index (κ3) is 5.76. The summed E-state index contributed by atoms with van der Waals surface area (Å²) >= 11 is 0. The summed E-state index contributed by atoms with van der Waals surface area (Å²) in [6, 6.07) is 23.2. The van der Waals surface area contributed by atoms with E-state index in [-0.39, 0.29) is 12.1 Å². The minimum atomic E-state index is -0.319. The van der Waals surface area contributed by atoms with Crippen molar-refractivity contribution in [2.75, 3.05) is 28.6 Å². The summed E-state index contributed by atoms with van der Waals surface area (Å²) in [5, 5.41) is 5.74. The predicted octanol–water partition coefficient (Wildman–Crippen LogP) is 6.59. The van der Waals surface area contributed by atoms with E-state index in [1.807, 2.05) is 53.4 Å². The Hall–Kier alpha value is -3.80. The molecular weight excluding hydrogens is 424 g/mol. The van der Waals surface area contributed by atoms with Crippen LogP contribution in [0.25, 0.3) is 0 Å². The van der Waals surface area contributed by atoms with Crippen molar-refractivity contribution in [3.8, 4) is 0 Å². The van der Waals surface area contributed by atoms with Gasteiger partial charge in [0, 0.05) is 36.7 Å². The molecular formula is C28H32N4O2. The zero-order valence-electron chi connectivity index (χ0n) is 20.0. The lowest BCUT2D eigenvalue weighted by molar-refractivity contribution is 0.192. The van der Waals surface area contributed by atoms with Gasteiger partial charge in [0.15, 0.2) is 0 Å². The minimum absolute atomic E-state index is 0.0151. The van der Waals surface area contributed by atoms with Gasteiger partial charge >= 0.3 is 12.1 Å². The molecule has 0 unspecified atom stereocenters. The normalized spacial score (nSPS) is 13.8. The molecule has 176 valence electrons. The Morgan fingerprint density at radius 3 is 2.32 bits per heavy atom. The number of nitrogens with one attached hydrogen (secondary N) is 2. The topological polar surface area (TPSA) is 64.7 Å². The van der Waals surface area contributed by atoms with Crippen LogP contribution in [0.5, 0.6) is 0 Å². The highest BCUT2D eigenvalue weighted by molar-refractivity contribution is 6.00. The van der Waals surface area contributed by atoms with Gasteiger partial charge in [0.05, 0.1) is 0 Å². The molecule has 0 radical (unpaired) electrons. The van der Waals surface area contributed by atoms with Crippen LogP contribution in [-0.4, -0.2) is 30.1 Å². The van der Waals surface area contributed by atoms with Crippen LogP contribution in [0, 0.1) is 6.92 Å². The van der Waals surface area contributed by atoms with Crippen molar-refractivity contribution in [2.24, 2.45) is 0 Å². The Kier molecular flexibility index (Phi) is 7.16. The summed E-state index contributed by atoms with van der Waals surface area (Å²) in [4.78, 5) is 29.4. The molecule has 3 aromatic rings. The number of amides is 4. The zero-order valence-corrected chi connectivity index (χ0v) is 20.0. The number of urea groups is 2. The van der Waals surface area contributed by atoms with Crippen LogP contribution < -0.4 is 15.5 Å². The van der Waals surface area contributed by atoms with E-state index in [4.69, 9.17) is 0 Å². The second kappa shape index (κ2) is 10.4. The standard InChI is InChI=1S/C28H32N4O2/c1-20(2)23-12-14-24(15-13-23)29-27(33)30-25-6-4-7-26(18-25)32-17-5-16-31(28(32)34)19-22-10-8-21(3)9-11-22/h4,6-15,18,20H,5,16-17,19H2,1-3H3,(H2,29,30,33). The Morgan fingerprint density at radius 1 is 0.912 bits per heavy atom. The van der Waals surface area contributed by atoms with Crippen LogP contribution in [0.1, 0.15) is 42.9 Å². The molecule has 0 aliphatic carbocycles. The molecule has 0 atom stereocenters. The number of rotatable bonds is 6. The van der Waals surface area contributed by atoms with E-state index in [2.05, 4.69) is 55.7 Å². The summed E-state index contributed by atoms with van der Waals surface area (Å²) in [7, 11) is 0. The zero-order chi connectivity index (χ0) is 24.1. The van der Waals surface area contributed by atoms with Crippen molar-refractivity contribution >= 4 is 29.1 Å². The number of benzene rings is 3. The maximum absolute atomic E-state index is 13.2. The maximum atomic E-state index is 13.2. The average Bonchev–Trinajstić information content (AvgIpc) is 2.82. The summed E-state index contributed by atoms with van der Waals surface area (Å²) < 4.78 is 0. The molecule has 1 saturated heterocycles. The van der Waals surface area contributed by atoms with E-state index in [1.165, 1.54) is 11.1 Å². The highest BCUT2D eigenvalue weighted by Crippen LogP contribution is 2.25. The lowest BCUT2D eigenvalue weighted by Gasteiger charge is -2.36. The number of nitrogens with zero attached hydrogens (tertiary/aromatic N) is 2. The molecule has 0 saturated carbocycles. The van der Waals surface area contributed by atoms with E-state index < -0.39 is 0 Å². The van der Waals surface area contributed by atoms with Gasteiger partial charge in [-0.25, -0.2) is 9.59 Å². The molecule has 1 aliphatic rings. The first-order valence-electron chi connectivity index (χ1n) is 11.8. The number of hydrogen-bond donors (Lipinski definition) is 2. The van der Waals surface area contributed by atoms with Crippen molar-refractivity contribution in [1.82, 2.24) is 4.90 Å². The molecule has 4 rings (SSSR count).